The second-order valence-electron chi connectivity index (χ2n) is 6.24. The van der Waals surface area contributed by atoms with Crippen LogP contribution in [-0.4, -0.2) is 34.7 Å². The first-order valence-corrected chi connectivity index (χ1v) is 9.10. The third-order valence-corrected chi connectivity index (χ3v) is 5.19. The van der Waals surface area contributed by atoms with Crippen molar-refractivity contribution in [3.63, 3.8) is 0 Å². The van der Waals surface area contributed by atoms with Crippen LogP contribution in [0.4, 0.5) is 10.1 Å². The van der Waals surface area contributed by atoms with E-state index in [2.05, 4.69) is 15.1 Å². The zero-order chi connectivity index (χ0) is 17.8. The van der Waals surface area contributed by atoms with Gasteiger partial charge in [-0.25, -0.2) is 4.39 Å². The van der Waals surface area contributed by atoms with Crippen molar-refractivity contribution in [3.05, 3.63) is 64.4 Å². The van der Waals surface area contributed by atoms with Gasteiger partial charge in [0.25, 0.3) is 0 Å². The summed E-state index contributed by atoms with van der Waals surface area (Å²) < 4.78 is 13.9. The number of nitrogens with zero attached hydrogens (tertiary/aromatic N) is 2. The Morgan fingerprint density at radius 3 is 2.80 bits per heavy atom. The number of nitrogens with one attached hydrogen (secondary N) is 1. The fraction of sp³-hybridized carbons (Fsp3) is 0.316. The molecule has 1 N–H and O–H groups in total. The van der Waals surface area contributed by atoms with Gasteiger partial charge in [-0.3, -0.25) is 4.90 Å². The standard InChI is InChI=1S/C19H21ClFN3S/c1-14-16(20)7-4-9-18(14)22-19(25)24-11-5-10-23(13-24)12-15-6-2-3-8-17(15)21/h2-4,6-9H,5,10-13H2,1H3,(H,22,25). The lowest BCUT2D eigenvalue weighted by Crippen LogP contribution is -2.48. The number of rotatable bonds is 3. The number of anilines is 1. The van der Waals surface area contributed by atoms with Crippen LogP contribution in [0.1, 0.15) is 17.5 Å². The Hall–Kier alpha value is -1.69. The van der Waals surface area contributed by atoms with Crippen LogP contribution < -0.4 is 5.32 Å². The first kappa shape index (κ1) is 18.1. The molecule has 0 aliphatic carbocycles. The van der Waals surface area contributed by atoms with E-state index >= 15 is 0 Å². The summed E-state index contributed by atoms with van der Waals surface area (Å²) >= 11 is 11.7. The van der Waals surface area contributed by atoms with Crippen molar-refractivity contribution < 1.29 is 4.39 Å². The molecule has 1 aliphatic rings. The second-order valence-corrected chi connectivity index (χ2v) is 7.04. The number of hydrogen-bond donors (Lipinski definition) is 1. The minimum absolute atomic E-state index is 0.158. The summed E-state index contributed by atoms with van der Waals surface area (Å²) in [6, 6.07) is 12.7. The van der Waals surface area contributed by atoms with Gasteiger partial charge in [-0.05, 0) is 49.3 Å². The van der Waals surface area contributed by atoms with E-state index < -0.39 is 0 Å². The van der Waals surface area contributed by atoms with Crippen LogP contribution in [0.2, 0.25) is 5.02 Å². The quantitative estimate of drug-likeness (QED) is 0.784. The average molecular weight is 378 g/mol. The van der Waals surface area contributed by atoms with Crippen LogP contribution in [0.15, 0.2) is 42.5 Å². The number of thiocarbonyl (C=S) groups is 1. The maximum absolute atomic E-state index is 13.9. The third-order valence-electron chi connectivity index (χ3n) is 4.42. The van der Waals surface area contributed by atoms with Gasteiger partial charge in [0.05, 0.1) is 6.67 Å². The Labute approximate surface area is 158 Å². The highest BCUT2D eigenvalue weighted by Crippen LogP contribution is 2.23. The van der Waals surface area contributed by atoms with E-state index in [-0.39, 0.29) is 5.82 Å². The minimum Gasteiger partial charge on any atom is -0.336 e. The fourth-order valence-corrected chi connectivity index (χ4v) is 3.40. The first-order valence-electron chi connectivity index (χ1n) is 8.31. The molecule has 2 aromatic rings. The lowest BCUT2D eigenvalue weighted by Gasteiger charge is -2.37. The van der Waals surface area contributed by atoms with Crippen LogP contribution in [-0.2, 0) is 6.54 Å². The number of halogens is 2. The first-order chi connectivity index (χ1) is 12.0. The normalized spacial score (nSPS) is 15.2. The van der Waals surface area contributed by atoms with Crippen molar-refractivity contribution in [3.8, 4) is 0 Å². The Bertz CT molecular complexity index is 768. The van der Waals surface area contributed by atoms with Gasteiger partial charge in [0.15, 0.2) is 5.11 Å². The number of benzene rings is 2. The van der Waals surface area contributed by atoms with E-state index in [1.165, 1.54) is 6.07 Å². The summed E-state index contributed by atoms with van der Waals surface area (Å²) in [5, 5.41) is 4.67. The molecule has 0 aromatic heterocycles. The number of hydrogen-bond acceptors (Lipinski definition) is 2. The van der Waals surface area contributed by atoms with Crippen molar-refractivity contribution in [1.29, 1.82) is 0 Å². The molecule has 3 rings (SSSR count). The Kier molecular flexibility index (Phi) is 5.89. The Morgan fingerprint density at radius 1 is 1.20 bits per heavy atom. The van der Waals surface area contributed by atoms with E-state index in [4.69, 9.17) is 23.8 Å². The van der Waals surface area contributed by atoms with Crippen molar-refractivity contribution in [1.82, 2.24) is 9.80 Å². The lowest BCUT2D eigenvalue weighted by molar-refractivity contribution is 0.132. The molecular formula is C19H21ClFN3S. The van der Waals surface area contributed by atoms with Crippen molar-refractivity contribution >= 4 is 34.6 Å². The molecule has 1 aliphatic heterocycles. The van der Waals surface area contributed by atoms with Gasteiger partial charge in [0, 0.05) is 35.9 Å². The lowest BCUT2D eigenvalue weighted by atomic mass is 10.2. The third kappa shape index (κ3) is 4.48. The van der Waals surface area contributed by atoms with Gasteiger partial charge in [0.2, 0.25) is 0 Å². The zero-order valence-electron chi connectivity index (χ0n) is 14.1. The average Bonchev–Trinajstić information content (AvgIpc) is 2.61. The van der Waals surface area contributed by atoms with E-state index in [1.807, 2.05) is 37.3 Å². The smallest absolute Gasteiger partial charge is 0.174 e. The summed E-state index contributed by atoms with van der Waals surface area (Å²) in [6.07, 6.45) is 0.991. The topological polar surface area (TPSA) is 18.5 Å². The molecule has 1 saturated heterocycles. The molecule has 0 bridgehead atoms. The molecule has 0 saturated carbocycles. The molecule has 0 atom stereocenters. The SMILES string of the molecule is Cc1c(Cl)cccc1NC(=S)N1CCCN(Cc2ccccc2F)C1. The van der Waals surface area contributed by atoms with Crippen LogP contribution in [0.3, 0.4) is 0 Å². The highest BCUT2D eigenvalue weighted by Gasteiger charge is 2.21. The largest absolute Gasteiger partial charge is 0.336 e. The molecule has 0 spiro atoms. The molecule has 6 heteroatoms. The molecule has 25 heavy (non-hydrogen) atoms. The maximum Gasteiger partial charge on any atom is 0.174 e. The molecular weight excluding hydrogens is 357 g/mol. The molecule has 0 radical (unpaired) electrons. The van der Waals surface area contributed by atoms with Gasteiger partial charge in [0.1, 0.15) is 5.82 Å². The van der Waals surface area contributed by atoms with Crippen molar-refractivity contribution in [2.24, 2.45) is 0 Å². The molecule has 1 fully saturated rings. The maximum atomic E-state index is 13.9. The van der Waals surface area contributed by atoms with Crippen molar-refractivity contribution in [2.75, 3.05) is 25.1 Å². The molecule has 132 valence electrons. The summed E-state index contributed by atoms with van der Waals surface area (Å²) in [7, 11) is 0. The van der Waals surface area contributed by atoms with E-state index in [0.717, 1.165) is 30.8 Å². The summed E-state index contributed by atoms with van der Waals surface area (Å²) in [5.74, 6) is -0.158. The zero-order valence-corrected chi connectivity index (χ0v) is 15.7. The Morgan fingerprint density at radius 2 is 2.00 bits per heavy atom. The molecule has 1 heterocycles. The highest BCUT2D eigenvalue weighted by molar-refractivity contribution is 7.80. The second kappa shape index (κ2) is 8.13. The summed E-state index contributed by atoms with van der Waals surface area (Å²) in [6.45, 7) is 5.05. The van der Waals surface area contributed by atoms with E-state index in [0.29, 0.717) is 28.9 Å². The van der Waals surface area contributed by atoms with Gasteiger partial charge in [-0.15, -0.1) is 0 Å². The van der Waals surface area contributed by atoms with E-state index in [9.17, 15) is 4.39 Å². The molecule has 0 amide bonds. The van der Waals surface area contributed by atoms with Gasteiger partial charge < -0.3 is 10.2 Å². The minimum atomic E-state index is -0.158. The Balaban J connectivity index is 1.63. The molecule has 3 nitrogen and oxygen atoms in total. The summed E-state index contributed by atoms with van der Waals surface area (Å²) in [4.78, 5) is 4.32. The van der Waals surface area contributed by atoms with Crippen LogP contribution in [0.25, 0.3) is 0 Å². The van der Waals surface area contributed by atoms with Gasteiger partial charge in [-0.2, -0.15) is 0 Å². The predicted octanol–water partition coefficient (Wildman–Crippen LogP) is 4.65. The van der Waals surface area contributed by atoms with Crippen molar-refractivity contribution in [2.45, 2.75) is 19.9 Å². The molecule has 2 aromatic carbocycles. The molecule has 0 unspecified atom stereocenters. The summed E-state index contributed by atoms with van der Waals surface area (Å²) in [5.41, 5.74) is 2.62. The van der Waals surface area contributed by atoms with E-state index in [1.54, 1.807) is 6.07 Å². The predicted molar refractivity (Wildman–Crippen MR) is 105 cm³/mol. The highest BCUT2D eigenvalue weighted by atomic mass is 35.5. The van der Waals surface area contributed by atoms with Gasteiger partial charge in [-0.1, -0.05) is 35.9 Å². The van der Waals surface area contributed by atoms with Crippen LogP contribution >= 0.6 is 23.8 Å². The fourth-order valence-electron chi connectivity index (χ4n) is 2.97. The van der Waals surface area contributed by atoms with Crippen LogP contribution in [0, 0.1) is 12.7 Å². The van der Waals surface area contributed by atoms with Gasteiger partial charge >= 0.3 is 0 Å². The van der Waals surface area contributed by atoms with Crippen LogP contribution in [0.5, 0.6) is 0 Å². The monoisotopic (exact) mass is 377 g/mol.